The van der Waals surface area contributed by atoms with Crippen molar-refractivity contribution in [2.75, 3.05) is 25.6 Å². The highest BCUT2D eigenvalue weighted by Gasteiger charge is 2.39. The number of aliphatic imine (C=N–C) groups is 1. The first-order valence-electron chi connectivity index (χ1n) is 11.6. The Balaban J connectivity index is 1.48. The largest absolute Gasteiger partial charge is 0.497 e. The molecular formula is C28H27N3O2S2. The fourth-order valence-corrected chi connectivity index (χ4v) is 6.55. The van der Waals surface area contributed by atoms with Crippen LogP contribution in [-0.2, 0) is 11.2 Å². The molecule has 0 bridgehead atoms. The molecule has 1 fully saturated rings. The summed E-state index contributed by atoms with van der Waals surface area (Å²) in [5.41, 5.74) is 3.38. The molecule has 0 spiro atoms. The standard InChI is InChI=1S/C28H27N3O2S2/c1-19(21-12-8-5-9-13-21)29-28-31(17-16-20-10-6-4-7-11-20)26(32)25(35-28)27-30(2)23-18-22(33-3)14-15-24(23)34-27/h4-15,18-19H,16-17H2,1-3H3/b27-25-,29-28?. The van der Waals surface area contributed by atoms with Crippen molar-refractivity contribution in [3.05, 3.63) is 99.9 Å². The molecule has 1 atom stereocenters. The Bertz CT molecular complexity index is 1290. The highest BCUT2D eigenvalue weighted by atomic mass is 32.2. The number of nitrogens with zero attached hydrogens (tertiary/aromatic N) is 3. The van der Waals surface area contributed by atoms with E-state index in [-0.39, 0.29) is 11.9 Å². The topological polar surface area (TPSA) is 45.1 Å². The van der Waals surface area contributed by atoms with Crippen LogP contribution in [0.1, 0.15) is 24.1 Å². The highest BCUT2D eigenvalue weighted by molar-refractivity contribution is 8.19. The van der Waals surface area contributed by atoms with Crippen molar-refractivity contribution in [3.63, 3.8) is 0 Å². The fourth-order valence-electron chi connectivity index (χ4n) is 4.14. The second-order valence-electron chi connectivity index (χ2n) is 8.42. The van der Waals surface area contributed by atoms with Crippen molar-refractivity contribution in [2.45, 2.75) is 24.3 Å². The Labute approximate surface area is 214 Å². The van der Waals surface area contributed by atoms with Gasteiger partial charge in [-0.25, -0.2) is 0 Å². The number of ether oxygens (including phenoxy) is 1. The molecule has 35 heavy (non-hydrogen) atoms. The van der Waals surface area contributed by atoms with Gasteiger partial charge in [0.25, 0.3) is 5.91 Å². The number of hydrogen-bond acceptors (Lipinski definition) is 6. The number of benzene rings is 3. The van der Waals surface area contributed by atoms with Crippen LogP contribution in [-0.4, -0.2) is 36.7 Å². The molecule has 0 aromatic heterocycles. The van der Waals surface area contributed by atoms with Gasteiger partial charge in [0.2, 0.25) is 0 Å². The minimum absolute atomic E-state index is 0.0130. The van der Waals surface area contributed by atoms with E-state index in [0.29, 0.717) is 6.54 Å². The molecule has 2 heterocycles. The third-order valence-corrected chi connectivity index (χ3v) is 8.60. The number of amides is 1. The van der Waals surface area contributed by atoms with Gasteiger partial charge in [-0.2, -0.15) is 0 Å². The number of fused-ring (bicyclic) bond motifs is 1. The number of thioether (sulfide) groups is 2. The summed E-state index contributed by atoms with van der Waals surface area (Å²) in [7, 11) is 3.67. The van der Waals surface area contributed by atoms with Gasteiger partial charge in [-0.15, -0.1) is 0 Å². The summed E-state index contributed by atoms with van der Waals surface area (Å²) in [5.74, 6) is 0.815. The van der Waals surface area contributed by atoms with Crippen LogP contribution in [0.3, 0.4) is 0 Å². The SMILES string of the molecule is COc1ccc2c(c1)N(C)/C(=C1/SC(=NC(C)c3ccccc3)N(CCc3ccccc3)C1=O)S2. The number of amidine groups is 1. The summed E-state index contributed by atoms with van der Waals surface area (Å²) < 4.78 is 5.41. The van der Waals surface area contributed by atoms with Gasteiger partial charge in [-0.1, -0.05) is 72.4 Å². The maximum atomic E-state index is 13.8. The van der Waals surface area contributed by atoms with Gasteiger partial charge < -0.3 is 9.64 Å². The lowest BCUT2D eigenvalue weighted by atomic mass is 10.1. The second kappa shape index (κ2) is 10.2. The molecule has 0 aliphatic carbocycles. The molecule has 0 N–H and O–H groups in total. The van der Waals surface area contributed by atoms with Gasteiger partial charge in [0, 0.05) is 24.6 Å². The molecule has 1 saturated heterocycles. The first-order chi connectivity index (χ1) is 17.0. The highest BCUT2D eigenvalue weighted by Crippen LogP contribution is 2.51. The first-order valence-corrected chi connectivity index (χ1v) is 13.2. The summed E-state index contributed by atoms with van der Waals surface area (Å²) in [6.45, 7) is 2.66. The number of rotatable bonds is 6. The average molecular weight is 502 g/mol. The Morgan fingerprint density at radius 2 is 1.69 bits per heavy atom. The van der Waals surface area contributed by atoms with Crippen molar-refractivity contribution >= 4 is 40.3 Å². The zero-order chi connectivity index (χ0) is 24.4. The van der Waals surface area contributed by atoms with Gasteiger partial charge >= 0.3 is 0 Å². The Kier molecular flexibility index (Phi) is 6.88. The summed E-state index contributed by atoms with van der Waals surface area (Å²) in [4.78, 5) is 24.5. The van der Waals surface area contributed by atoms with Crippen molar-refractivity contribution < 1.29 is 9.53 Å². The van der Waals surface area contributed by atoms with Crippen LogP contribution in [0.4, 0.5) is 5.69 Å². The van der Waals surface area contributed by atoms with Crippen molar-refractivity contribution in [3.8, 4) is 5.75 Å². The van der Waals surface area contributed by atoms with Crippen molar-refractivity contribution in [1.29, 1.82) is 0 Å². The predicted molar refractivity (Wildman–Crippen MR) is 146 cm³/mol. The van der Waals surface area contributed by atoms with E-state index in [0.717, 1.165) is 43.4 Å². The van der Waals surface area contributed by atoms with E-state index in [9.17, 15) is 4.79 Å². The zero-order valence-electron chi connectivity index (χ0n) is 20.0. The molecule has 1 amide bonds. The monoisotopic (exact) mass is 501 g/mol. The fraction of sp³-hybridized carbons (Fsp3) is 0.214. The lowest BCUT2D eigenvalue weighted by Crippen LogP contribution is -2.32. The van der Waals surface area contributed by atoms with Crippen LogP contribution in [0.2, 0.25) is 0 Å². The molecule has 2 aliphatic rings. The van der Waals surface area contributed by atoms with E-state index >= 15 is 0 Å². The molecule has 7 heteroatoms. The van der Waals surface area contributed by atoms with Crippen molar-refractivity contribution in [1.82, 2.24) is 4.90 Å². The average Bonchev–Trinajstić information content (AvgIpc) is 3.39. The molecule has 1 unspecified atom stereocenters. The quantitative estimate of drug-likeness (QED) is 0.369. The zero-order valence-corrected chi connectivity index (χ0v) is 21.6. The number of anilines is 1. The van der Waals surface area contributed by atoms with Gasteiger partial charge in [-0.05, 0) is 48.4 Å². The van der Waals surface area contributed by atoms with E-state index in [1.165, 1.54) is 17.3 Å². The van der Waals surface area contributed by atoms with Crippen LogP contribution < -0.4 is 9.64 Å². The summed E-state index contributed by atoms with van der Waals surface area (Å²) in [5, 5.41) is 1.69. The first kappa shape index (κ1) is 23.6. The van der Waals surface area contributed by atoms with E-state index in [2.05, 4.69) is 36.1 Å². The summed E-state index contributed by atoms with van der Waals surface area (Å²) >= 11 is 3.10. The molecule has 5 rings (SSSR count). The van der Waals surface area contributed by atoms with Gasteiger partial charge in [0.05, 0.1) is 23.9 Å². The third-order valence-electron chi connectivity index (χ3n) is 6.15. The second-order valence-corrected chi connectivity index (χ2v) is 10.4. The van der Waals surface area contributed by atoms with Gasteiger partial charge in [0.15, 0.2) is 5.17 Å². The minimum atomic E-state index is -0.0505. The van der Waals surface area contributed by atoms with E-state index < -0.39 is 0 Å². The third kappa shape index (κ3) is 4.83. The molecule has 5 nitrogen and oxygen atoms in total. The summed E-state index contributed by atoms with van der Waals surface area (Å²) in [6.07, 6.45) is 0.773. The Morgan fingerprint density at radius 1 is 0.971 bits per heavy atom. The van der Waals surface area contributed by atoms with E-state index in [1.807, 2.05) is 66.5 Å². The number of methoxy groups -OCH3 is 1. The molecule has 178 valence electrons. The molecular weight excluding hydrogens is 474 g/mol. The van der Waals surface area contributed by atoms with Crippen LogP contribution in [0.25, 0.3) is 0 Å². The molecule has 3 aromatic carbocycles. The van der Waals surface area contributed by atoms with Crippen LogP contribution in [0.15, 0.2) is 98.7 Å². The van der Waals surface area contributed by atoms with Gasteiger partial charge in [-0.3, -0.25) is 14.7 Å². The van der Waals surface area contributed by atoms with Crippen LogP contribution in [0.5, 0.6) is 5.75 Å². The Hall–Kier alpha value is -3.16. The van der Waals surface area contributed by atoms with E-state index in [4.69, 9.17) is 9.73 Å². The number of carbonyl (C=O) groups excluding carboxylic acids is 1. The lowest BCUT2D eigenvalue weighted by molar-refractivity contribution is -0.122. The molecule has 2 aliphatic heterocycles. The van der Waals surface area contributed by atoms with Crippen LogP contribution >= 0.6 is 23.5 Å². The number of hydrogen-bond donors (Lipinski definition) is 0. The Morgan fingerprint density at radius 3 is 2.40 bits per heavy atom. The van der Waals surface area contributed by atoms with E-state index in [1.54, 1.807) is 18.9 Å². The predicted octanol–water partition coefficient (Wildman–Crippen LogP) is 6.34. The van der Waals surface area contributed by atoms with Crippen LogP contribution in [0, 0.1) is 0 Å². The number of carbonyl (C=O) groups is 1. The molecule has 3 aromatic rings. The van der Waals surface area contributed by atoms with Crippen molar-refractivity contribution in [2.24, 2.45) is 4.99 Å². The summed E-state index contributed by atoms with van der Waals surface area (Å²) in [6, 6.07) is 26.4. The maximum absolute atomic E-state index is 13.8. The maximum Gasteiger partial charge on any atom is 0.269 e. The smallest absolute Gasteiger partial charge is 0.269 e. The normalized spacial score (nSPS) is 19.4. The van der Waals surface area contributed by atoms with Gasteiger partial charge in [0.1, 0.15) is 10.7 Å². The molecule has 0 saturated carbocycles. The molecule has 0 radical (unpaired) electrons. The lowest BCUT2D eigenvalue weighted by Gasteiger charge is -2.18. The minimum Gasteiger partial charge on any atom is -0.497 e.